The molecule has 14 heteroatoms. The lowest BCUT2D eigenvalue weighted by Crippen LogP contribution is -2.55. The van der Waals surface area contributed by atoms with E-state index < -0.39 is 11.9 Å². The summed E-state index contributed by atoms with van der Waals surface area (Å²) < 4.78 is 5.75. The number of Topliss-reactive ketones (excluding diaryl/α,β-unsaturated/α-hetero) is 1. The summed E-state index contributed by atoms with van der Waals surface area (Å²) in [6, 6.07) is 10.2. The van der Waals surface area contributed by atoms with Gasteiger partial charge >= 0.3 is 0 Å². The third kappa shape index (κ3) is 9.79. The number of ether oxygens (including phenoxy) is 1. The molecular formula is C47H59N7O7. The van der Waals surface area contributed by atoms with Crippen LogP contribution in [0.3, 0.4) is 0 Å². The smallest absolute Gasteiger partial charge is 0.255 e. The van der Waals surface area contributed by atoms with Crippen LogP contribution in [0.15, 0.2) is 42.6 Å². The molecule has 1 unspecified atom stereocenters. The van der Waals surface area contributed by atoms with Crippen molar-refractivity contribution in [3.63, 3.8) is 0 Å². The SMILES string of the molecule is CC[C@@H]1C(=O)N(C)c2cnc(Cc3ccc(C(=O)CCCCCCCCCCC(=O)Nc4cccc5c4CN(C4CCC(=O)NC4=O)C5=O)cc3OC)nc2N1C1CCCC1. The fourth-order valence-corrected chi connectivity index (χ4v) is 9.43. The van der Waals surface area contributed by atoms with Gasteiger partial charge in [-0.3, -0.25) is 34.1 Å². The summed E-state index contributed by atoms with van der Waals surface area (Å²) >= 11 is 0. The molecule has 0 spiro atoms. The molecular weight excluding hydrogens is 775 g/mol. The van der Waals surface area contributed by atoms with Crippen molar-refractivity contribution in [1.82, 2.24) is 20.2 Å². The van der Waals surface area contributed by atoms with Gasteiger partial charge in [-0.05, 0) is 56.7 Å². The molecule has 5 amide bonds. The zero-order valence-electron chi connectivity index (χ0n) is 35.8. The summed E-state index contributed by atoms with van der Waals surface area (Å²) in [6.45, 7) is 2.27. The summed E-state index contributed by atoms with van der Waals surface area (Å²) in [4.78, 5) is 91.5. The Labute approximate surface area is 358 Å². The maximum absolute atomic E-state index is 13.3. The van der Waals surface area contributed by atoms with E-state index in [0.717, 1.165) is 101 Å². The number of rotatable bonds is 19. The van der Waals surface area contributed by atoms with Crippen molar-refractivity contribution in [3.05, 3.63) is 70.7 Å². The van der Waals surface area contributed by atoms with Crippen molar-refractivity contribution >= 4 is 52.5 Å². The predicted molar refractivity (Wildman–Crippen MR) is 232 cm³/mol. The Balaban J connectivity index is 0.801. The predicted octanol–water partition coefficient (Wildman–Crippen LogP) is 7.06. The number of nitrogens with zero attached hydrogens (tertiary/aromatic N) is 5. The van der Waals surface area contributed by atoms with Gasteiger partial charge in [-0.2, -0.15) is 0 Å². The number of hydrogen-bond acceptors (Lipinski definition) is 10. The van der Waals surface area contributed by atoms with Crippen LogP contribution >= 0.6 is 0 Å². The number of carbonyl (C=O) groups is 6. The van der Waals surface area contributed by atoms with Crippen molar-refractivity contribution in [2.45, 2.75) is 147 Å². The minimum atomic E-state index is -0.701. The van der Waals surface area contributed by atoms with E-state index >= 15 is 0 Å². The van der Waals surface area contributed by atoms with Crippen molar-refractivity contribution in [3.8, 4) is 5.75 Å². The molecule has 1 saturated carbocycles. The molecule has 2 atom stereocenters. The molecule has 0 radical (unpaired) electrons. The van der Waals surface area contributed by atoms with E-state index in [1.165, 1.54) is 4.90 Å². The molecule has 324 valence electrons. The first-order valence-electron chi connectivity index (χ1n) is 22.3. The van der Waals surface area contributed by atoms with E-state index in [9.17, 15) is 28.8 Å². The van der Waals surface area contributed by atoms with Gasteiger partial charge in [-0.15, -0.1) is 0 Å². The highest BCUT2D eigenvalue weighted by Gasteiger charge is 2.42. The van der Waals surface area contributed by atoms with Crippen LogP contribution in [0, 0.1) is 0 Å². The average molecular weight is 834 g/mol. The number of carbonyl (C=O) groups excluding carboxylic acids is 6. The maximum Gasteiger partial charge on any atom is 0.255 e. The molecule has 0 bridgehead atoms. The van der Waals surface area contributed by atoms with Crippen LogP contribution < -0.4 is 25.2 Å². The summed E-state index contributed by atoms with van der Waals surface area (Å²) in [5.41, 5.74) is 4.03. The normalized spacial score (nSPS) is 19.0. The van der Waals surface area contributed by atoms with Crippen LogP contribution in [-0.2, 0) is 32.1 Å². The Bertz CT molecular complexity index is 2150. The molecule has 2 aromatic carbocycles. The van der Waals surface area contributed by atoms with E-state index in [1.807, 2.05) is 18.2 Å². The molecule has 4 heterocycles. The van der Waals surface area contributed by atoms with Crippen molar-refractivity contribution in [2.75, 3.05) is 29.3 Å². The number of methoxy groups -OCH3 is 1. The Morgan fingerprint density at radius 3 is 2.34 bits per heavy atom. The molecule has 3 aromatic rings. The molecule has 1 aromatic heterocycles. The highest BCUT2D eigenvalue weighted by molar-refractivity contribution is 6.07. The third-order valence-corrected chi connectivity index (χ3v) is 12.8. The quantitative estimate of drug-likeness (QED) is 0.0724. The van der Waals surface area contributed by atoms with E-state index in [1.54, 1.807) is 43.5 Å². The number of fused-ring (bicyclic) bond motifs is 2. The first-order chi connectivity index (χ1) is 29.6. The summed E-state index contributed by atoms with van der Waals surface area (Å²) in [7, 11) is 3.42. The van der Waals surface area contributed by atoms with Crippen molar-refractivity contribution in [1.29, 1.82) is 0 Å². The lowest BCUT2D eigenvalue weighted by atomic mass is 10.00. The van der Waals surface area contributed by atoms with Crippen LogP contribution in [0.2, 0.25) is 0 Å². The van der Waals surface area contributed by atoms with Gasteiger partial charge in [0.05, 0.1) is 13.3 Å². The van der Waals surface area contributed by atoms with Gasteiger partial charge in [-0.25, -0.2) is 9.97 Å². The van der Waals surface area contributed by atoms with Crippen LogP contribution in [0.1, 0.15) is 154 Å². The highest BCUT2D eigenvalue weighted by atomic mass is 16.5. The number of benzene rings is 2. The number of unbranched alkanes of at least 4 members (excludes halogenated alkanes) is 7. The number of anilines is 3. The van der Waals surface area contributed by atoms with E-state index in [4.69, 9.17) is 9.72 Å². The average Bonchev–Trinajstić information content (AvgIpc) is 3.91. The number of imide groups is 1. The number of nitrogens with one attached hydrogen (secondary N) is 2. The molecule has 2 fully saturated rings. The maximum atomic E-state index is 13.3. The van der Waals surface area contributed by atoms with Crippen LogP contribution in [0.4, 0.5) is 17.2 Å². The summed E-state index contributed by atoms with van der Waals surface area (Å²) in [5.74, 6) is 1.13. The fourth-order valence-electron chi connectivity index (χ4n) is 9.43. The number of aromatic nitrogens is 2. The van der Waals surface area contributed by atoms with Gasteiger partial charge in [-0.1, -0.05) is 76.5 Å². The van der Waals surface area contributed by atoms with Crippen molar-refractivity contribution < 1.29 is 33.5 Å². The standard InChI is InChI=1S/C47H59N7O7/c1-4-36-47(60)52(2)38-28-48-41(50-44(38)54(36)32-16-13-14-17-32)27-31-23-22-30(26-40(31)61-3)39(55)20-11-9-7-5-6-8-10-12-21-42(56)49-35-19-15-18-33-34(35)29-53(46(33)59)37-24-25-43(57)51-45(37)58/h15,18-19,22-23,26,28,32,36-37H,4-14,16-17,20-21,24-25,27,29H2,1-3H3,(H,49,56)(H,51,57,58)/t36-,37?/m1/s1. The zero-order valence-corrected chi connectivity index (χ0v) is 35.8. The number of ketones is 1. The topological polar surface area (TPSA) is 171 Å². The van der Waals surface area contributed by atoms with Crippen molar-refractivity contribution in [2.24, 2.45) is 0 Å². The van der Waals surface area contributed by atoms with Gasteiger partial charge < -0.3 is 24.8 Å². The van der Waals surface area contributed by atoms with E-state index in [0.29, 0.717) is 59.3 Å². The van der Waals surface area contributed by atoms with E-state index in [-0.39, 0.29) is 54.8 Å². The first kappa shape index (κ1) is 43.4. The monoisotopic (exact) mass is 833 g/mol. The number of likely N-dealkylation sites (N-methyl/N-ethyl adjacent to an activating group) is 1. The lowest BCUT2D eigenvalue weighted by Gasteiger charge is -2.43. The Morgan fingerprint density at radius 1 is 0.918 bits per heavy atom. The lowest BCUT2D eigenvalue weighted by molar-refractivity contribution is -0.137. The second-order valence-corrected chi connectivity index (χ2v) is 16.9. The molecule has 1 saturated heterocycles. The first-order valence-corrected chi connectivity index (χ1v) is 22.3. The van der Waals surface area contributed by atoms with Gasteiger partial charge in [0, 0.05) is 73.3 Å². The van der Waals surface area contributed by atoms with Gasteiger partial charge in [0.15, 0.2) is 11.6 Å². The fraction of sp³-hybridized carbons (Fsp3) is 0.532. The molecule has 14 nitrogen and oxygen atoms in total. The van der Waals surface area contributed by atoms with Gasteiger partial charge in [0.25, 0.3) is 5.91 Å². The van der Waals surface area contributed by atoms with Gasteiger partial charge in [0.1, 0.15) is 29.3 Å². The second kappa shape index (κ2) is 19.8. The second-order valence-electron chi connectivity index (χ2n) is 16.9. The van der Waals surface area contributed by atoms with Crippen LogP contribution in [0.5, 0.6) is 5.75 Å². The molecule has 7 rings (SSSR count). The number of hydrogen-bond donors (Lipinski definition) is 2. The molecule has 1 aliphatic carbocycles. The minimum absolute atomic E-state index is 0.0896. The third-order valence-electron chi connectivity index (χ3n) is 12.8. The number of piperidine rings is 1. The largest absolute Gasteiger partial charge is 0.496 e. The Kier molecular flexibility index (Phi) is 14.1. The minimum Gasteiger partial charge on any atom is -0.496 e. The Hall–Kier alpha value is -5.66. The Morgan fingerprint density at radius 2 is 1.64 bits per heavy atom. The number of amides is 5. The highest BCUT2D eigenvalue weighted by Crippen LogP contribution is 2.40. The summed E-state index contributed by atoms with van der Waals surface area (Å²) in [6.07, 6.45) is 16.4. The molecule has 3 aliphatic heterocycles. The summed E-state index contributed by atoms with van der Waals surface area (Å²) in [5, 5.41) is 5.29. The molecule has 4 aliphatic rings. The molecule has 61 heavy (non-hydrogen) atoms. The van der Waals surface area contributed by atoms with Crippen LogP contribution in [-0.4, -0.2) is 82.5 Å². The van der Waals surface area contributed by atoms with Gasteiger partial charge in [0.2, 0.25) is 23.6 Å². The van der Waals surface area contributed by atoms with Crippen LogP contribution in [0.25, 0.3) is 0 Å². The van der Waals surface area contributed by atoms with E-state index in [2.05, 4.69) is 27.4 Å². The molecule has 2 N–H and O–H groups in total. The zero-order chi connectivity index (χ0) is 43.0.